The molecule has 0 aliphatic heterocycles. The lowest BCUT2D eigenvalue weighted by Crippen LogP contribution is -2.23. The molecule has 0 bridgehead atoms. The number of ether oxygens (including phenoxy) is 2. The molecule has 1 heterocycles. The molecule has 1 aromatic heterocycles. The van der Waals surface area contributed by atoms with E-state index in [2.05, 4.69) is 39.2 Å². The highest BCUT2D eigenvalue weighted by molar-refractivity contribution is 6.12. The van der Waals surface area contributed by atoms with Crippen molar-refractivity contribution in [2.45, 2.75) is 66.8 Å². The minimum Gasteiger partial charge on any atom is -0.462 e. The molecular formula is C30H45Cl2N3O4. The number of nitrogens with zero attached hydrogens (tertiary/aromatic N) is 1. The Hall–Kier alpha value is -2.32. The van der Waals surface area contributed by atoms with Gasteiger partial charge >= 0.3 is 11.9 Å². The fourth-order valence-electron chi connectivity index (χ4n) is 4.69. The molecule has 0 amide bonds. The maximum atomic E-state index is 12.9. The van der Waals surface area contributed by atoms with Gasteiger partial charge in [-0.3, -0.25) is 0 Å². The van der Waals surface area contributed by atoms with Crippen molar-refractivity contribution < 1.29 is 19.1 Å². The first-order valence-electron chi connectivity index (χ1n) is 13.3. The largest absolute Gasteiger partial charge is 0.462 e. The monoisotopic (exact) mass is 581 g/mol. The minimum absolute atomic E-state index is 0. The van der Waals surface area contributed by atoms with Crippen LogP contribution in [-0.4, -0.2) is 42.8 Å². The second-order valence-electron chi connectivity index (χ2n) is 11.5. The van der Waals surface area contributed by atoms with Crippen LogP contribution in [0.5, 0.6) is 0 Å². The molecule has 0 aliphatic rings. The van der Waals surface area contributed by atoms with Crippen molar-refractivity contribution in [2.24, 2.45) is 22.3 Å². The van der Waals surface area contributed by atoms with Gasteiger partial charge in [-0.05, 0) is 92.9 Å². The van der Waals surface area contributed by atoms with E-state index in [1.54, 1.807) is 12.1 Å². The molecule has 0 fully saturated rings. The Balaban J connectivity index is 0.00000380. The van der Waals surface area contributed by atoms with E-state index >= 15 is 0 Å². The summed E-state index contributed by atoms with van der Waals surface area (Å²) in [5.74, 6) is -0.703. The van der Waals surface area contributed by atoms with E-state index in [9.17, 15) is 9.59 Å². The van der Waals surface area contributed by atoms with Crippen LogP contribution in [0, 0.1) is 10.8 Å². The first-order valence-corrected chi connectivity index (χ1v) is 13.3. The standard InChI is InChI=1S/C30H43N3O4.2ClH/c1-6-33-25-11-9-21(27(34)36-19-29(2,3)13-7-15-31)17-23(25)24-18-22(10-12-26(24)33)28(35)37-20-30(4,5)14-8-16-32;;/h9-12,17-18H,6-8,13-16,19-20,31-32H2,1-5H3;2*1H. The van der Waals surface area contributed by atoms with E-state index in [1.807, 2.05) is 24.3 Å². The van der Waals surface area contributed by atoms with Gasteiger partial charge in [-0.15, -0.1) is 24.8 Å². The molecule has 0 radical (unpaired) electrons. The first-order chi connectivity index (χ1) is 17.5. The Morgan fingerprint density at radius 3 is 1.46 bits per heavy atom. The van der Waals surface area contributed by atoms with E-state index in [0.29, 0.717) is 37.4 Å². The molecule has 218 valence electrons. The number of fused-ring (bicyclic) bond motifs is 3. The number of aryl methyl sites for hydroxylation is 1. The lowest BCUT2D eigenvalue weighted by molar-refractivity contribution is 0.0319. The molecule has 4 N–H and O–H groups in total. The molecule has 0 aliphatic carbocycles. The molecule has 9 heteroatoms. The van der Waals surface area contributed by atoms with Crippen LogP contribution in [-0.2, 0) is 16.0 Å². The summed E-state index contributed by atoms with van der Waals surface area (Å²) < 4.78 is 13.5. The molecule has 3 aromatic rings. The number of carbonyl (C=O) groups is 2. The number of hydrogen-bond donors (Lipinski definition) is 2. The van der Waals surface area contributed by atoms with Crippen LogP contribution in [0.3, 0.4) is 0 Å². The molecule has 0 saturated carbocycles. The Labute approximate surface area is 244 Å². The summed E-state index contributed by atoms with van der Waals surface area (Å²) in [6, 6.07) is 11.2. The number of rotatable bonds is 13. The molecule has 0 unspecified atom stereocenters. The zero-order chi connectivity index (χ0) is 27.2. The van der Waals surface area contributed by atoms with Crippen molar-refractivity contribution in [2.75, 3.05) is 26.3 Å². The summed E-state index contributed by atoms with van der Waals surface area (Å²) in [4.78, 5) is 25.8. The Morgan fingerprint density at radius 1 is 0.744 bits per heavy atom. The predicted molar refractivity (Wildman–Crippen MR) is 164 cm³/mol. The molecule has 0 spiro atoms. The lowest BCUT2D eigenvalue weighted by atomic mass is 9.89. The third kappa shape index (κ3) is 8.84. The zero-order valence-electron chi connectivity index (χ0n) is 23.9. The average Bonchev–Trinajstić information content (AvgIpc) is 3.20. The molecule has 7 nitrogen and oxygen atoms in total. The highest BCUT2D eigenvalue weighted by Gasteiger charge is 2.23. The predicted octanol–water partition coefficient (Wildman–Crippen LogP) is 6.50. The Morgan fingerprint density at radius 2 is 1.13 bits per heavy atom. The number of halogens is 2. The van der Waals surface area contributed by atoms with Gasteiger partial charge in [0.05, 0.1) is 24.3 Å². The molecule has 39 heavy (non-hydrogen) atoms. The van der Waals surface area contributed by atoms with Crippen molar-refractivity contribution in [3.8, 4) is 0 Å². The number of nitrogens with two attached hydrogens (primary N) is 2. The second-order valence-corrected chi connectivity index (χ2v) is 11.5. The van der Waals surface area contributed by atoms with Gasteiger partial charge in [0.2, 0.25) is 0 Å². The van der Waals surface area contributed by atoms with E-state index in [0.717, 1.165) is 54.0 Å². The van der Waals surface area contributed by atoms with Gasteiger partial charge in [0.1, 0.15) is 0 Å². The number of hydrogen-bond acceptors (Lipinski definition) is 6. The van der Waals surface area contributed by atoms with Gasteiger partial charge < -0.3 is 25.5 Å². The quantitative estimate of drug-likeness (QED) is 0.223. The van der Waals surface area contributed by atoms with Crippen LogP contribution >= 0.6 is 24.8 Å². The fourth-order valence-corrected chi connectivity index (χ4v) is 4.69. The van der Waals surface area contributed by atoms with Crippen molar-refractivity contribution in [1.29, 1.82) is 0 Å². The smallest absolute Gasteiger partial charge is 0.338 e. The first kappa shape index (κ1) is 34.7. The molecule has 0 saturated heterocycles. The number of benzene rings is 2. The SMILES string of the molecule is CCn1c2ccc(C(=O)OCC(C)(C)CCCN)cc2c2cc(C(=O)OCC(C)(C)CCCN)ccc21.Cl.Cl. The maximum Gasteiger partial charge on any atom is 0.338 e. The summed E-state index contributed by atoms with van der Waals surface area (Å²) in [6.07, 6.45) is 3.57. The highest BCUT2D eigenvalue weighted by atomic mass is 35.5. The normalized spacial score (nSPS) is 11.7. The third-order valence-electron chi connectivity index (χ3n) is 6.96. The maximum absolute atomic E-state index is 12.9. The summed E-state index contributed by atoms with van der Waals surface area (Å²) in [7, 11) is 0. The van der Waals surface area contributed by atoms with Gasteiger partial charge in [-0.25, -0.2) is 9.59 Å². The highest BCUT2D eigenvalue weighted by Crippen LogP contribution is 2.32. The van der Waals surface area contributed by atoms with Crippen LogP contribution in [0.15, 0.2) is 36.4 Å². The summed E-state index contributed by atoms with van der Waals surface area (Å²) in [5.41, 5.74) is 14.0. The minimum atomic E-state index is -0.351. The number of aromatic nitrogens is 1. The van der Waals surface area contributed by atoms with Crippen LogP contribution in [0.25, 0.3) is 21.8 Å². The van der Waals surface area contributed by atoms with Crippen molar-refractivity contribution in [1.82, 2.24) is 4.57 Å². The molecule has 3 rings (SSSR count). The Kier molecular flexibility index (Phi) is 13.3. The van der Waals surface area contributed by atoms with Crippen LogP contribution in [0.4, 0.5) is 0 Å². The van der Waals surface area contributed by atoms with Gasteiger partial charge in [-0.1, -0.05) is 27.7 Å². The van der Waals surface area contributed by atoms with E-state index in [4.69, 9.17) is 20.9 Å². The van der Waals surface area contributed by atoms with Gasteiger partial charge in [-0.2, -0.15) is 0 Å². The van der Waals surface area contributed by atoms with Crippen molar-refractivity contribution in [3.63, 3.8) is 0 Å². The van der Waals surface area contributed by atoms with E-state index in [-0.39, 0.29) is 47.6 Å². The van der Waals surface area contributed by atoms with Gasteiger partial charge in [0, 0.05) is 28.4 Å². The van der Waals surface area contributed by atoms with E-state index < -0.39 is 0 Å². The van der Waals surface area contributed by atoms with Crippen LogP contribution < -0.4 is 11.5 Å². The second kappa shape index (κ2) is 14.9. The van der Waals surface area contributed by atoms with Crippen LogP contribution in [0.2, 0.25) is 0 Å². The topological polar surface area (TPSA) is 110 Å². The third-order valence-corrected chi connectivity index (χ3v) is 6.96. The average molecular weight is 583 g/mol. The zero-order valence-corrected chi connectivity index (χ0v) is 25.5. The molecule has 2 aromatic carbocycles. The summed E-state index contributed by atoms with van der Waals surface area (Å²) in [6.45, 7) is 13.1. The van der Waals surface area contributed by atoms with Crippen LogP contribution in [0.1, 0.15) is 81.0 Å². The lowest BCUT2D eigenvalue weighted by Gasteiger charge is -2.23. The fraction of sp³-hybridized carbons (Fsp3) is 0.533. The number of esters is 2. The van der Waals surface area contributed by atoms with Gasteiger partial charge in [0.15, 0.2) is 0 Å². The number of carbonyl (C=O) groups excluding carboxylic acids is 2. The van der Waals surface area contributed by atoms with Gasteiger partial charge in [0.25, 0.3) is 0 Å². The van der Waals surface area contributed by atoms with E-state index in [1.165, 1.54) is 0 Å². The Bertz CT molecular complexity index is 1160. The summed E-state index contributed by atoms with van der Waals surface area (Å²) >= 11 is 0. The summed E-state index contributed by atoms with van der Waals surface area (Å²) in [5, 5.41) is 1.82. The molecular weight excluding hydrogens is 537 g/mol. The van der Waals surface area contributed by atoms with Crippen molar-refractivity contribution >= 4 is 58.6 Å². The van der Waals surface area contributed by atoms with Crippen molar-refractivity contribution in [3.05, 3.63) is 47.5 Å². The molecule has 0 atom stereocenters.